The molecule has 476 valence electrons. The number of hydrogen-bond donors (Lipinski definition) is 10. The highest BCUT2D eigenvalue weighted by Crippen LogP contribution is 2.15. The molecule has 0 aromatic heterocycles. The second-order valence-corrected chi connectivity index (χ2v) is 22.5. The first-order chi connectivity index (χ1) is 35.8. The molecule has 0 heterocycles. The van der Waals surface area contributed by atoms with Gasteiger partial charge in [0.15, 0.2) is 6.04 Å². The molecule has 30 heteroatoms. The van der Waals surface area contributed by atoms with Crippen LogP contribution in [0.2, 0.25) is 0 Å². The highest BCUT2D eigenvalue weighted by molar-refractivity contribution is 5.88. The highest BCUT2D eigenvalue weighted by Gasteiger charge is 2.31. The number of aliphatic hydroxyl groups is 4. The molecule has 0 radical (unpaired) electrons. The van der Waals surface area contributed by atoms with Crippen molar-refractivity contribution in [3.8, 4) is 0 Å². The van der Waals surface area contributed by atoms with E-state index in [9.17, 15) is 43.5 Å². The summed E-state index contributed by atoms with van der Waals surface area (Å²) in [4.78, 5) is 89.1. The van der Waals surface area contributed by atoms with Gasteiger partial charge in [-0.2, -0.15) is 0 Å². The molecule has 1 amide bonds. The van der Waals surface area contributed by atoms with E-state index in [0.29, 0.717) is 6.29 Å². The van der Waals surface area contributed by atoms with E-state index in [-0.39, 0.29) is 39.6 Å². The molecule has 80 heavy (non-hydrogen) atoms. The molecular formula is C50H103N6O24+. The van der Waals surface area contributed by atoms with Gasteiger partial charge in [0.2, 0.25) is 18.4 Å². The van der Waals surface area contributed by atoms with E-state index in [1.807, 2.05) is 0 Å². The van der Waals surface area contributed by atoms with Crippen LogP contribution in [-0.2, 0) is 85.7 Å². The van der Waals surface area contributed by atoms with Crippen molar-refractivity contribution in [3.05, 3.63) is 0 Å². The zero-order valence-electron chi connectivity index (χ0n) is 51.3. The number of esters is 6. The molecular weight excluding hydrogens is 1070 g/mol. The minimum absolute atomic E-state index is 0.0505. The zero-order chi connectivity index (χ0) is 64.9. The first-order valence-electron chi connectivity index (χ1n) is 24.9. The fourth-order valence-corrected chi connectivity index (χ4v) is 3.91. The minimum Gasteiger partial charge on any atom is -0.834 e. The largest absolute Gasteiger partial charge is 0.834 e. The van der Waals surface area contributed by atoms with Crippen LogP contribution in [0.5, 0.6) is 0 Å². The maximum Gasteiger partial charge on any atom is 0.408 e. The number of aldehydes is 1. The Bertz CT molecular complexity index is 1740. The van der Waals surface area contributed by atoms with Crippen molar-refractivity contribution in [1.29, 1.82) is 0 Å². The second kappa shape index (κ2) is 42.1. The van der Waals surface area contributed by atoms with E-state index in [0.717, 1.165) is 0 Å². The molecule has 6 atom stereocenters. The average molecular weight is 1170 g/mol. The number of rotatable bonds is 23. The summed E-state index contributed by atoms with van der Waals surface area (Å²) >= 11 is 0. The molecule has 0 aromatic carbocycles. The number of aliphatic hydroxyl groups excluding tert-OH is 4. The summed E-state index contributed by atoms with van der Waals surface area (Å²) < 4.78 is 53.6. The number of ether oxygens (including phenoxy) is 11. The van der Waals surface area contributed by atoms with Gasteiger partial charge in [-0.1, -0.05) is 0 Å². The first-order valence-corrected chi connectivity index (χ1v) is 24.9. The van der Waals surface area contributed by atoms with Crippen molar-refractivity contribution in [2.45, 2.75) is 196 Å². The lowest BCUT2D eigenvalue weighted by molar-refractivity contribution is -0.545. The van der Waals surface area contributed by atoms with Crippen molar-refractivity contribution in [1.82, 2.24) is 5.32 Å². The molecule has 0 unspecified atom stereocenters. The van der Waals surface area contributed by atoms with E-state index in [2.05, 4.69) is 31.0 Å². The van der Waals surface area contributed by atoms with E-state index < -0.39 is 131 Å². The summed E-state index contributed by atoms with van der Waals surface area (Å²) in [7, 11) is 2.43. The number of carbonyl (C=O) groups is 8. The molecule has 17 N–H and O–H groups in total. The standard InChI is InChI=1S/C12H23NO5.C11H23NO4.C11H21NO4.C9H17NO5.C4H9NO3.C3H8NO3/c1-8(14)17-9(7-16-12(5,6)13)10(15)18-11(2,3)4;2*1-10(2,3)16-9(14)8(6-13)7-15-11(4,5)12;1-9(2,3)15-8(13)10-6(5-11)7(12)14-4;1-8-4(7)3(5)2-6;4-3(1-5)7-2-6/h9H,7,13H2,1-6H3;8,13H,6-7,12H2,1-5H3;6,8H,7,12H2,1-5H3;6,11H,5H2,1-4H3,(H,10,13);3,6H,2,5H2,1H3;3,5H,1-2,4H2/q;;;;;-1/p+2/t9-;2*8-;6-;2*3-/m011001/s1. The van der Waals surface area contributed by atoms with E-state index >= 15 is 0 Å². The summed E-state index contributed by atoms with van der Waals surface area (Å²) in [5.41, 5.74) is 18.3. The molecule has 0 fully saturated rings. The summed E-state index contributed by atoms with van der Waals surface area (Å²) in [6, 6.07) is -1.73. The molecule has 0 spiro atoms. The van der Waals surface area contributed by atoms with Crippen LogP contribution in [0.4, 0.5) is 4.79 Å². The second-order valence-electron chi connectivity index (χ2n) is 22.5. The molecule has 0 aliphatic rings. The fraction of sp³-hybridized carbons (Fsp3) is 0.840. The third-order valence-corrected chi connectivity index (χ3v) is 7.33. The Hall–Kier alpha value is -4.80. The van der Waals surface area contributed by atoms with Crippen molar-refractivity contribution in [3.63, 3.8) is 0 Å². The van der Waals surface area contributed by atoms with Crippen LogP contribution >= 0.6 is 0 Å². The Kier molecular flexibility index (Phi) is 45.5. The van der Waals surface area contributed by atoms with E-state index in [4.69, 9.17) is 75.5 Å². The maximum absolute atomic E-state index is 11.8. The monoisotopic (exact) mass is 1170 g/mol. The molecule has 0 aromatic rings. The topological polar surface area (TPSA) is 487 Å². The van der Waals surface area contributed by atoms with Crippen molar-refractivity contribution in [2.24, 2.45) is 29.0 Å². The molecule has 0 saturated carbocycles. The number of amides is 1. The molecule has 0 bridgehead atoms. The number of quaternary nitrogens is 2. The molecule has 0 rings (SSSR count). The van der Waals surface area contributed by atoms with Crippen LogP contribution in [0.25, 0.3) is 0 Å². The third kappa shape index (κ3) is 62.4. The van der Waals surface area contributed by atoms with Gasteiger partial charge in [0.25, 0.3) is 0 Å². The Morgan fingerprint density at radius 1 is 0.537 bits per heavy atom. The Morgan fingerprint density at radius 3 is 1.21 bits per heavy atom. The van der Waals surface area contributed by atoms with Crippen LogP contribution in [0, 0.1) is 11.8 Å². The number of methoxy groups -OCH3 is 2. The van der Waals surface area contributed by atoms with Crippen LogP contribution in [-0.4, -0.2) is 200 Å². The van der Waals surface area contributed by atoms with Gasteiger partial charge < -0.3 is 116 Å². The minimum atomic E-state index is -1.11. The summed E-state index contributed by atoms with van der Waals surface area (Å²) in [6.07, 6.45) is -1.92. The predicted molar refractivity (Wildman–Crippen MR) is 284 cm³/mol. The van der Waals surface area contributed by atoms with Gasteiger partial charge in [0, 0.05) is 6.92 Å². The van der Waals surface area contributed by atoms with Gasteiger partial charge in [0.1, 0.15) is 70.9 Å². The summed E-state index contributed by atoms with van der Waals surface area (Å²) in [6.45, 7) is 29.8. The van der Waals surface area contributed by atoms with Crippen molar-refractivity contribution < 1.29 is 127 Å². The lowest BCUT2D eigenvalue weighted by Crippen LogP contribution is -2.67. The van der Waals surface area contributed by atoms with Crippen LogP contribution in [0.1, 0.15) is 132 Å². The molecule has 0 aliphatic carbocycles. The van der Waals surface area contributed by atoms with Crippen LogP contribution < -0.4 is 39.1 Å². The smallest absolute Gasteiger partial charge is 0.408 e. The number of nitrogens with two attached hydrogens (primary N) is 3. The van der Waals surface area contributed by atoms with Gasteiger partial charge in [-0.15, -0.1) is 0 Å². The predicted octanol–water partition coefficient (Wildman–Crippen LogP) is -2.84. The third-order valence-electron chi connectivity index (χ3n) is 7.33. The highest BCUT2D eigenvalue weighted by atomic mass is 16.6. The Morgan fingerprint density at radius 2 is 0.925 bits per heavy atom. The number of alkyl carbamates (subject to hydrolysis) is 1. The summed E-state index contributed by atoms with van der Waals surface area (Å²) in [5, 5.41) is 46.0. The van der Waals surface area contributed by atoms with Crippen molar-refractivity contribution >= 4 is 48.2 Å². The average Bonchev–Trinajstić information content (AvgIpc) is 3.26. The summed E-state index contributed by atoms with van der Waals surface area (Å²) in [5.74, 6) is -5.11. The Labute approximate surface area is 471 Å². The Balaban J connectivity index is -0.000000210. The van der Waals surface area contributed by atoms with Crippen molar-refractivity contribution in [2.75, 3.05) is 67.3 Å². The van der Waals surface area contributed by atoms with Gasteiger partial charge in [0.05, 0.1) is 47.3 Å². The number of hydrogen-bond acceptors (Lipinski definition) is 27. The molecule has 0 saturated heterocycles. The first kappa shape index (κ1) is 86.5. The fourth-order valence-electron chi connectivity index (χ4n) is 3.91. The normalized spacial score (nSPS) is 13.9. The van der Waals surface area contributed by atoms with Crippen LogP contribution in [0.3, 0.4) is 0 Å². The van der Waals surface area contributed by atoms with Crippen LogP contribution in [0.15, 0.2) is 0 Å². The van der Waals surface area contributed by atoms with Gasteiger partial charge in [-0.3, -0.25) is 14.4 Å². The maximum atomic E-state index is 11.8. The van der Waals surface area contributed by atoms with E-state index in [1.165, 1.54) is 21.1 Å². The van der Waals surface area contributed by atoms with E-state index in [1.54, 1.807) is 125 Å². The number of carbonyl (C=O) groups excluding carboxylic acids is 8. The lowest BCUT2D eigenvalue weighted by atomic mass is 10.1. The SMILES string of the molecule is CC(=O)O[C@@H](COC(C)(C)N)C(=O)OC(C)(C)C.CC(C)(C)OC(=O)[C@H](C=O)COC(C)(C)N.CC(C)(C)OC(=O)[C@H](CO)COC(C)(C)N.COC(=O)[C@@H]([NH3+])CO.COC(=O)[C@H](CO)NC(=O)OC(C)(C)C.[NH3+][C@@H](CO)OC[O-]. The van der Waals surface area contributed by atoms with Gasteiger partial charge in [-0.05, 0) is 131 Å². The quantitative estimate of drug-likeness (QED) is 0.0162. The van der Waals surface area contributed by atoms with Gasteiger partial charge in [-0.25, -0.2) is 19.2 Å². The molecule has 0 aliphatic heterocycles. The van der Waals surface area contributed by atoms with Gasteiger partial charge >= 0.3 is 41.9 Å². The number of nitrogens with one attached hydrogen (secondary N) is 1. The lowest BCUT2D eigenvalue weighted by Gasteiger charge is -2.26. The molecule has 30 nitrogen and oxygen atoms in total. The zero-order valence-corrected chi connectivity index (χ0v) is 51.3.